The highest BCUT2D eigenvalue weighted by atomic mass is 16.5. The second kappa shape index (κ2) is 5.26. The highest BCUT2D eigenvalue weighted by molar-refractivity contribution is 5.85. The van der Waals surface area contributed by atoms with Gasteiger partial charge in [0.1, 0.15) is 0 Å². The molecule has 0 spiro atoms. The monoisotopic (exact) mass is 242 g/mol. The van der Waals surface area contributed by atoms with Gasteiger partial charge < -0.3 is 19.5 Å². The minimum Gasteiger partial charge on any atom is -0.476 e. The molecule has 0 aromatic carbocycles. The van der Waals surface area contributed by atoms with Crippen molar-refractivity contribution in [2.75, 3.05) is 26.3 Å². The van der Waals surface area contributed by atoms with Crippen LogP contribution < -0.4 is 0 Å². The second-order valence-corrected chi connectivity index (χ2v) is 3.89. The molecule has 7 nitrogen and oxygen atoms in total. The van der Waals surface area contributed by atoms with Crippen molar-refractivity contribution in [3.05, 3.63) is 17.5 Å². The van der Waals surface area contributed by atoms with Crippen molar-refractivity contribution in [3.63, 3.8) is 0 Å². The van der Waals surface area contributed by atoms with Crippen molar-refractivity contribution in [2.24, 2.45) is 0 Å². The number of hydrogen-bond donors (Lipinski definition) is 2. The molecule has 2 heterocycles. The summed E-state index contributed by atoms with van der Waals surface area (Å²) in [6, 6.07) is 1.41. The van der Waals surface area contributed by atoms with Crippen molar-refractivity contribution in [1.82, 2.24) is 10.1 Å². The van der Waals surface area contributed by atoms with E-state index in [-0.39, 0.29) is 18.4 Å². The van der Waals surface area contributed by atoms with E-state index in [0.29, 0.717) is 25.5 Å². The van der Waals surface area contributed by atoms with Gasteiger partial charge in [0.25, 0.3) is 0 Å². The summed E-state index contributed by atoms with van der Waals surface area (Å²) in [6.45, 7) is 2.32. The van der Waals surface area contributed by atoms with Gasteiger partial charge in [-0.25, -0.2) is 4.79 Å². The Morgan fingerprint density at radius 2 is 2.47 bits per heavy atom. The molecule has 2 N–H and O–H groups in total. The molecule has 17 heavy (non-hydrogen) atoms. The first-order valence-electron chi connectivity index (χ1n) is 5.32. The first-order valence-corrected chi connectivity index (χ1v) is 5.32. The van der Waals surface area contributed by atoms with E-state index in [0.717, 1.165) is 6.54 Å². The average molecular weight is 242 g/mol. The quantitative estimate of drug-likeness (QED) is 0.739. The van der Waals surface area contributed by atoms with Gasteiger partial charge in [-0.3, -0.25) is 4.90 Å². The van der Waals surface area contributed by atoms with E-state index in [9.17, 15) is 4.79 Å². The molecular formula is C10H14N2O5. The van der Waals surface area contributed by atoms with E-state index in [1.165, 1.54) is 6.07 Å². The van der Waals surface area contributed by atoms with E-state index in [1.807, 2.05) is 4.90 Å². The molecule has 1 aliphatic heterocycles. The molecule has 1 fully saturated rings. The third kappa shape index (κ3) is 3.02. The Morgan fingerprint density at radius 3 is 3.12 bits per heavy atom. The molecule has 1 atom stereocenters. The average Bonchev–Trinajstić information content (AvgIpc) is 2.78. The third-order valence-corrected chi connectivity index (χ3v) is 2.58. The molecule has 0 radical (unpaired) electrons. The van der Waals surface area contributed by atoms with Crippen molar-refractivity contribution in [3.8, 4) is 0 Å². The molecule has 94 valence electrons. The number of nitrogens with zero attached hydrogens (tertiary/aromatic N) is 2. The number of carbonyl (C=O) groups is 1. The highest BCUT2D eigenvalue weighted by Crippen LogP contribution is 2.11. The SMILES string of the molecule is O=C(O)c1cc(CN2CCOC(CO)C2)on1. The fraction of sp³-hybridized carbons (Fsp3) is 0.600. The van der Waals surface area contributed by atoms with Crippen LogP contribution in [0.25, 0.3) is 0 Å². The molecule has 0 amide bonds. The summed E-state index contributed by atoms with van der Waals surface area (Å²) in [5.74, 6) is -0.601. The maximum absolute atomic E-state index is 10.6. The lowest BCUT2D eigenvalue weighted by atomic mass is 10.2. The topological polar surface area (TPSA) is 96.0 Å². The van der Waals surface area contributed by atoms with Crippen molar-refractivity contribution >= 4 is 5.97 Å². The minimum atomic E-state index is -1.10. The number of rotatable bonds is 4. The number of aromatic carboxylic acids is 1. The lowest BCUT2D eigenvalue weighted by Gasteiger charge is -2.31. The maximum Gasteiger partial charge on any atom is 0.358 e. The van der Waals surface area contributed by atoms with Gasteiger partial charge >= 0.3 is 5.97 Å². The third-order valence-electron chi connectivity index (χ3n) is 2.58. The van der Waals surface area contributed by atoms with Gasteiger partial charge in [0.2, 0.25) is 0 Å². The summed E-state index contributed by atoms with van der Waals surface area (Å²) in [4.78, 5) is 12.6. The van der Waals surface area contributed by atoms with Crippen LogP contribution in [0.15, 0.2) is 10.6 Å². The molecule has 1 saturated heterocycles. The van der Waals surface area contributed by atoms with Crippen LogP contribution in [0.2, 0.25) is 0 Å². The zero-order valence-electron chi connectivity index (χ0n) is 9.20. The number of carboxylic acids is 1. The molecule has 7 heteroatoms. The Kier molecular flexibility index (Phi) is 3.72. The van der Waals surface area contributed by atoms with Gasteiger partial charge in [0, 0.05) is 19.2 Å². The van der Waals surface area contributed by atoms with Crippen molar-refractivity contribution in [1.29, 1.82) is 0 Å². The van der Waals surface area contributed by atoms with Crippen LogP contribution in [0.4, 0.5) is 0 Å². The maximum atomic E-state index is 10.6. The molecule has 1 aromatic heterocycles. The molecule has 0 bridgehead atoms. The van der Waals surface area contributed by atoms with Crippen LogP contribution in [-0.2, 0) is 11.3 Å². The van der Waals surface area contributed by atoms with Crippen LogP contribution in [0, 0.1) is 0 Å². The zero-order valence-corrected chi connectivity index (χ0v) is 9.20. The number of carboxylic acid groups (broad SMARTS) is 1. The van der Waals surface area contributed by atoms with Gasteiger partial charge in [-0.1, -0.05) is 5.16 Å². The summed E-state index contributed by atoms with van der Waals surface area (Å²) < 4.78 is 10.2. The molecule has 1 aromatic rings. The molecular weight excluding hydrogens is 228 g/mol. The number of aliphatic hydroxyl groups excluding tert-OH is 1. The van der Waals surface area contributed by atoms with E-state index >= 15 is 0 Å². The Hall–Kier alpha value is -1.44. The Labute approximate surface area is 97.6 Å². The summed E-state index contributed by atoms with van der Waals surface area (Å²) >= 11 is 0. The fourth-order valence-electron chi connectivity index (χ4n) is 1.74. The number of aliphatic hydroxyl groups is 1. The van der Waals surface area contributed by atoms with Crippen LogP contribution in [-0.4, -0.2) is 58.6 Å². The number of aromatic nitrogens is 1. The lowest BCUT2D eigenvalue weighted by Crippen LogP contribution is -2.43. The molecule has 2 rings (SSSR count). The predicted octanol–water partition coefficient (Wildman–Crippen LogP) is -0.434. The number of ether oxygens (including phenoxy) is 1. The van der Waals surface area contributed by atoms with Crippen LogP contribution in [0.3, 0.4) is 0 Å². The van der Waals surface area contributed by atoms with Crippen molar-refractivity contribution in [2.45, 2.75) is 12.6 Å². The van der Waals surface area contributed by atoms with Gasteiger partial charge in [0.15, 0.2) is 11.5 Å². The van der Waals surface area contributed by atoms with E-state index in [1.54, 1.807) is 0 Å². The van der Waals surface area contributed by atoms with Gasteiger partial charge in [-0.2, -0.15) is 0 Å². The zero-order chi connectivity index (χ0) is 12.3. The fourth-order valence-corrected chi connectivity index (χ4v) is 1.74. The minimum absolute atomic E-state index is 0.0206. The normalized spacial score (nSPS) is 21.6. The summed E-state index contributed by atoms with van der Waals surface area (Å²) in [7, 11) is 0. The number of hydrogen-bond acceptors (Lipinski definition) is 6. The second-order valence-electron chi connectivity index (χ2n) is 3.89. The van der Waals surface area contributed by atoms with Crippen LogP contribution >= 0.6 is 0 Å². The van der Waals surface area contributed by atoms with Gasteiger partial charge in [0.05, 0.1) is 25.9 Å². The summed E-state index contributed by atoms with van der Waals surface area (Å²) in [6.07, 6.45) is -0.189. The highest BCUT2D eigenvalue weighted by Gasteiger charge is 2.21. The first kappa shape index (κ1) is 12.0. The molecule has 0 saturated carbocycles. The first-order chi connectivity index (χ1) is 8.19. The van der Waals surface area contributed by atoms with E-state index < -0.39 is 5.97 Å². The standard InChI is InChI=1S/C10H14N2O5/c13-6-8-5-12(1-2-16-8)4-7-3-9(10(14)15)11-17-7/h3,8,13H,1-2,4-6H2,(H,14,15). The largest absolute Gasteiger partial charge is 0.476 e. The summed E-state index contributed by atoms with van der Waals surface area (Å²) in [5.41, 5.74) is -0.0908. The Bertz CT molecular complexity index is 392. The smallest absolute Gasteiger partial charge is 0.358 e. The number of morpholine rings is 1. The van der Waals surface area contributed by atoms with E-state index in [2.05, 4.69) is 5.16 Å². The molecule has 1 unspecified atom stereocenters. The van der Waals surface area contributed by atoms with Gasteiger partial charge in [-0.05, 0) is 0 Å². The Balaban J connectivity index is 1.93. The summed E-state index contributed by atoms with van der Waals surface area (Å²) in [5, 5.41) is 21.1. The molecule has 1 aliphatic rings. The van der Waals surface area contributed by atoms with E-state index in [4.69, 9.17) is 19.5 Å². The van der Waals surface area contributed by atoms with Crippen molar-refractivity contribution < 1.29 is 24.3 Å². The predicted molar refractivity (Wildman–Crippen MR) is 55.6 cm³/mol. The lowest BCUT2D eigenvalue weighted by molar-refractivity contribution is -0.0567. The molecule has 0 aliphatic carbocycles. The van der Waals surface area contributed by atoms with Crippen LogP contribution in [0.1, 0.15) is 16.2 Å². The van der Waals surface area contributed by atoms with Crippen LogP contribution in [0.5, 0.6) is 0 Å². The van der Waals surface area contributed by atoms with Gasteiger partial charge in [-0.15, -0.1) is 0 Å². The Morgan fingerprint density at radius 1 is 1.65 bits per heavy atom.